The number of hydrogen-bond acceptors (Lipinski definition) is 5. The van der Waals surface area contributed by atoms with E-state index in [1.54, 1.807) is 24.5 Å². The normalized spacial score (nSPS) is 24.9. The zero-order valence-corrected chi connectivity index (χ0v) is 15.2. The molecule has 5 rings (SSSR count). The van der Waals surface area contributed by atoms with E-state index in [2.05, 4.69) is 16.4 Å². The number of anilines is 1. The highest BCUT2D eigenvalue weighted by atomic mass is 35.5. The summed E-state index contributed by atoms with van der Waals surface area (Å²) in [6.07, 6.45) is 6.35. The van der Waals surface area contributed by atoms with Crippen LogP contribution in [0.15, 0.2) is 36.7 Å². The molecule has 3 aliphatic rings. The number of pyridine rings is 1. The fourth-order valence-electron chi connectivity index (χ4n) is 4.40. The number of ketones is 1. The number of carbonyl (C=O) groups is 1. The lowest BCUT2D eigenvalue weighted by atomic mass is 9.38. The Labute approximate surface area is 161 Å². The Bertz CT molecular complexity index is 937. The van der Waals surface area contributed by atoms with E-state index >= 15 is 0 Å². The summed E-state index contributed by atoms with van der Waals surface area (Å²) < 4.78 is 18.8. The van der Waals surface area contributed by atoms with Crippen LogP contribution in [-0.2, 0) is 4.79 Å². The molecular formula is C20H17ClFN3O2. The summed E-state index contributed by atoms with van der Waals surface area (Å²) in [5, 5.41) is 12.6. The van der Waals surface area contributed by atoms with Gasteiger partial charge in [-0.25, -0.2) is 4.39 Å². The first kappa shape index (κ1) is 17.7. The Morgan fingerprint density at radius 1 is 1.37 bits per heavy atom. The van der Waals surface area contributed by atoms with Gasteiger partial charge in [-0.15, -0.1) is 0 Å². The van der Waals surface area contributed by atoms with Gasteiger partial charge in [0, 0.05) is 30.4 Å². The summed E-state index contributed by atoms with van der Waals surface area (Å²) in [5.41, 5.74) is 1.32. The van der Waals surface area contributed by atoms with Crippen molar-refractivity contribution < 1.29 is 13.9 Å². The first-order valence-corrected chi connectivity index (χ1v) is 9.02. The Balaban J connectivity index is 1.27. The van der Waals surface area contributed by atoms with Crippen LogP contribution in [0.3, 0.4) is 0 Å². The molecule has 3 aliphatic carbocycles. The number of benzene rings is 1. The SMILES string of the molecule is N#Cc1cnccc1NC12CC(CC(=O)COc3ccc(Cl)c(F)c3)(C1)C2. The number of nitrogens with one attached hydrogen (secondary N) is 1. The van der Waals surface area contributed by atoms with Crippen LogP contribution in [0.25, 0.3) is 0 Å². The number of halogens is 2. The van der Waals surface area contributed by atoms with Crippen LogP contribution in [0, 0.1) is 22.6 Å². The molecule has 3 fully saturated rings. The van der Waals surface area contributed by atoms with E-state index in [9.17, 15) is 9.18 Å². The van der Waals surface area contributed by atoms with E-state index in [1.165, 1.54) is 12.1 Å². The molecule has 27 heavy (non-hydrogen) atoms. The highest BCUT2D eigenvalue weighted by Crippen LogP contribution is 2.70. The van der Waals surface area contributed by atoms with Gasteiger partial charge in [-0.1, -0.05) is 11.6 Å². The molecule has 5 nitrogen and oxygen atoms in total. The smallest absolute Gasteiger partial charge is 0.170 e. The average molecular weight is 386 g/mol. The summed E-state index contributed by atoms with van der Waals surface area (Å²) in [4.78, 5) is 16.2. The van der Waals surface area contributed by atoms with Crippen molar-refractivity contribution in [3.05, 3.63) is 53.1 Å². The van der Waals surface area contributed by atoms with E-state index in [0.717, 1.165) is 24.9 Å². The number of hydrogen-bond donors (Lipinski definition) is 1. The first-order valence-electron chi connectivity index (χ1n) is 8.65. The molecule has 1 aromatic carbocycles. The summed E-state index contributed by atoms with van der Waals surface area (Å²) in [6.45, 7) is -0.0772. The number of nitriles is 1. The summed E-state index contributed by atoms with van der Waals surface area (Å²) >= 11 is 5.63. The van der Waals surface area contributed by atoms with Crippen molar-refractivity contribution in [2.45, 2.75) is 31.2 Å². The van der Waals surface area contributed by atoms with Gasteiger partial charge in [0.1, 0.15) is 24.2 Å². The highest BCUT2D eigenvalue weighted by molar-refractivity contribution is 6.30. The Morgan fingerprint density at radius 3 is 2.85 bits per heavy atom. The third-order valence-corrected chi connectivity index (χ3v) is 5.65. The molecule has 7 heteroatoms. The van der Waals surface area contributed by atoms with Crippen LogP contribution in [0.5, 0.6) is 5.75 Å². The lowest BCUT2D eigenvalue weighted by Gasteiger charge is -2.71. The van der Waals surface area contributed by atoms with Crippen LogP contribution < -0.4 is 10.1 Å². The van der Waals surface area contributed by atoms with Crippen molar-refractivity contribution in [2.24, 2.45) is 5.41 Å². The van der Waals surface area contributed by atoms with Crippen molar-refractivity contribution >= 4 is 23.1 Å². The van der Waals surface area contributed by atoms with Crippen LogP contribution in [0.2, 0.25) is 5.02 Å². The Kier molecular flexibility index (Phi) is 4.27. The highest BCUT2D eigenvalue weighted by Gasteiger charge is 2.68. The van der Waals surface area contributed by atoms with Gasteiger partial charge >= 0.3 is 0 Å². The third kappa shape index (κ3) is 3.35. The third-order valence-electron chi connectivity index (χ3n) is 5.34. The maximum atomic E-state index is 13.4. The van der Waals surface area contributed by atoms with Crippen LogP contribution in [0.4, 0.5) is 10.1 Å². The van der Waals surface area contributed by atoms with Gasteiger partial charge in [-0.2, -0.15) is 5.26 Å². The first-order chi connectivity index (χ1) is 12.9. The quantitative estimate of drug-likeness (QED) is 0.776. The molecule has 1 heterocycles. The Hall–Kier alpha value is -2.65. The molecule has 0 spiro atoms. The number of ether oxygens (including phenoxy) is 1. The molecule has 3 saturated carbocycles. The van der Waals surface area contributed by atoms with E-state index in [1.807, 2.05) is 0 Å². The molecule has 0 unspecified atom stereocenters. The summed E-state index contributed by atoms with van der Waals surface area (Å²) in [5.74, 6) is -0.273. The minimum atomic E-state index is -0.568. The fraction of sp³-hybridized carbons (Fsp3) is 0.350. The predicted molar refractivity (Wildman–Crippen MR) is 98.1 cm³/mol. The van der Waals surface area contributed by atoms with Crippen LogP contribution in [0.1, 0.15) is 31.2 Å². The monoisotopic (exact) mass is 385 g/mol. The molecule has 1 aromatic heterocycles. The van der Waals surface area contributed by atoms with E-state index in [-0.39, 0.29) is 28.4 Å². The molecular weight excluding hydrogens is 369 g/mol. The van der Waals surface area contributed by atoms with Crippen molar-refractivity contribution in [3.63, 3.8) is 0 Å². The number of carbonyl (C=O) groups excluding carboxylic acids is 1. The van der Waals surface area contributed by atoms with Gasteiger partial charge in [-0.3, -0.25) is 9.78 Å². The molecule has 0 atom stereocenters. The van der Waals surface area contributed by atoms with E-state index in [0.29, 0.717) is 17.7 Å². The lowest BCUT2D eigenvalue weighted by molar-refractivity contribution is -0.147. The van der Waals surface area contributed by atoms with Gasteiger partial charge in [0.25, 0.3) is 0 Å². The second-order valence-electron chi connectivity index (χ2n) is 7.55. The molecule has 2 aromatic rings. The molecule has 0 aliphatic heterocycles. The van der Waals surface area contributed by atoms with Crippen molar-refractivity contribution in [1.82, 2.24) is 4.98 Å². The zero-order valence-electron chi connectivity index (χ0n) is 14.5. The zero-order chi connectivity index (χ0) is 19.1. The van der Waals surface area contributed by atoms with Crippen molar-refractivity contribution in [3.8, 4) is 11.8 Å². The van der Waals surface area contributed by atoms with E-state index in [4.69, 9.17) is 21.6 Å². The molecule has 2 bridgehead atoms. The molecule has 1 N–H and O–H groups in total. The van der Waals surface area contributed by atoms with E-state index < -0.39 is 5.82 Å². The van der Waals surface area contributed by atoms with Gasteiger partial charge < -0.3 is 10.1 Å². The lowest BCUT2D eigenvalue weighted by Crippen LogP contribution is -2.71. The number of rotatable bonds is 7. The average Bonchev–Trinajstić information content (AvgIpc) is 2.60. The number of Topliss-reactive ketones (excluding diaryl/α,β-unsaturated/α-hetero) is 1. The number of nitrogens with zero attached hydrogens (tertiary/aromatic N) is 2. The summed E-state index contributed by atoms with van der Waals surface area (Å²) in [6, 6.07) is 8.06. The van der Waals surface area contributed by atoms with Gasteiger partial charge in [0.2, 0.25) is 0 Å². The molecule has 0 radical (unpaired) electrons. The molecule has 0 amide bonds. The van der Waals surface area contributed by atoms with Gasteiger partial charge in [0.15, 0.2) is 5.78 Å². The maximum absolute atomic E-state index is 13.4. The number of aromatic nitrogens is 1. The van der Waals surface area contributed by atoms with Gasteiger partial charge in [-0.05, 0) is 42.9 Å². The van der Waals surface area contributed by atoms with Crippen molar-refractivity contribution in [1.29, 1.82) is 5.26 Å². The molecule has 138 valence electrons. The predicted octanol–water partition coefficient (Wildman–Crippen LogP) is 4.12. The van der Waals surface area contributed by atoms with Crippen LogP contribution >= 0.6 is 11.6 Å². The standard InChI is InChI=1S/C20H17ClFN3O2/c21-16-2-1-15(5-17(16)22)27-9-14(26)6-19-10-20(11-19,12-19)25-18-3-4-24-8-13(18)7-23/h1-5,8H,6,9-12H2,(H,24,25). The second kappa shape index (κ2) is 6.50. The molecule has 0 saturated heterocycles. The largest absolute Gasteiger partial charge is 0.486 e. The second-order valence-corrected chi connectivity index (χ2v) is 7.96. The van der Waals surface area contributed by atoms with Gasteiger partial charge in [0.05, 0.1) is 16.3 Å². The minimum Gasteiger partial charge on any atom is -0.486 e. The van der Waals surface area contributed by atoms with Crippen molar-refractivity contribution in [2.75, 3.05) is 11.9 Å². The summed E-state index contributed by atoms with van der Waals surface area (Å²) in [7, 11) is 0. The maximum Gasteiger partial charge on any atom is 0.170 e. The minimum absolute atomic E-state index is 0.000262. The van der Waals surface area contributed by atoms with Crippen LogP contribution in [-0.4, -0.2) is 22.9 Å². The topological polar surface area (TPSA) is 75.0 Å². The fourth-order valence-corrected chi connectivity index (χ4v) is 4.51. The Morgan fingerprint density at radius 2 is 2.15 bits per heavy atom.